The normalized spacial score (nSPS) is 14.6. The van der Waals surface area contributed by atoms with Crippen molar-refractivity contribution in [1.82, 2.24) is 10.2 Å². The maximum absolute atomic E-state index is 12.6. The first-order chi connectivity index (χ1) is 13.6. The summed E-state index contributed by atoms with van der Waals surface area (Å²) in [4.78, 5) is 14.7. The van der Waals surface area contributed by atoms with E-state index in [1.165, 1.54) is 0 Å². The summed E-state index contributed by atoms with van der Waals surface area (Å²) in [5.74, 6) is 0.636. The third-order valence-electron chi connectivity index (χ3n) is 5.24. The summed E-state index contributed by atoms with van der Waals surface area (Å²) in [6, 6.07) is 9.94. The summed E-state index contributed by atoms with van der Waals surface area (Å²) in [5.41, 5.74) is 3.30. The number of halogens is 1. The van der Waals surface area contributed by atoms with Crippen LogP contribution in [0.2, 0.25) is 0 Å². The molecule has 0 aliphatic carbocycles. The van der Waals surface area contributed by atoms with Gasteiger partial charge in [0.05, 0.1) is 11.4 Å². The van der Waals surface area contributed by atoms with Gasteiger partial charge in [-0.3, -0.25) is 4.79 Å². The van der Waals surface area contributed by atoms with Crippen molar-refractivity contribution < 1.29 is 4.79 Å². The molecule has 1 aliphatic rings. The summed E-state index contributed by atoms with van der Waals surface area (Å²) in [6.45, 7) is 5.44. The molecule has 2 aromatic rings. The Hall–Kier alpha value is -2.46. The van der Waals surface area contributed by atoms with Crippen LogP contribution in [0.25, 0.3) is 0 Å². The standard InChI is InChI=1S/C21H24BrN5O/c1-3-15-16(13-23)20(26-25-18(15)4-2)27-11-9-14(10-12-27)21(28)24-19-8-6-5-7-17(19)22/h5-8,14H,3-4,9-12H2,1-2H3,(H,24,28). The number of hydrogen-bond donors (Lipinski definition) is 1. The van der Waals surface area contributed by atoms with Crippen LogP contribution in [0, 0.1) is 17.2 Å². The third-order valence-corrected chi connectivity index (χ3v) is 5.93. The Morgan fingerprint density at radius 1 is 1.25 bits per heavy atom. The van der Waals surface area contributed by atoms with Crippen molar-refractivity contribution in [3.8, 4) is 6.07 Å². The lowest BCUT2D eigenvalue weighted by molar-refractivity contribution is -0.120. The van der Waals surface area contributed by atoms with Crippen LogP contribution >= 0.6 is 15.9 Å². The van der Waals surface area contributed by atoms with E-state index in [-0.39, 0.29) is 11.8 Å². The molecule has 1 N–H and O–H groups in total. The second-order valence-electron chi connectivity index (χ2n) is 6.87. The van der Waals surface area contributed by atoms with E-state index in [1.807, 2.05) is 38.1 Å². The molecule has 1 amide bonds. The SMILES string of the molecule is CCc1nnc(N2CCC(C(=O)Nc3ccccc3Br)CC2)c(C#N)c1CC. The van der Waals surface area contributed by atoms with Gasteiger partial charge in [0, 0.05) is 23.5 Å². The van der Waals surface area contributed by atoms with Crippen molar-refractivity contribution in [3.05, 3.63) is 45.6 Å². The molecule has 0 unspecified atom stereocenters. The fourth-order valence-corrected chi connectivity index (χ4v) is 4.04. The van der Waals surface area contributed by atoms with Gasteiger partial charge in [0.15, 0.2) is 5.82 Å². The Kier molecular flexibility index (Phi) is 6.63. The number of piperidine rings is 1. The molecule has 1 aromatic heterocycles. The number of carbonyl (C=O) groups is 1. The Labute approximate surface area is 174 Å². The van der Waals surface area contributed by atoms with Gasteiger partial charge >= 0.3 is 0 Å². The monoisotopic (exact) mass is 441 g/mol. The molecule has 1 fully saturated rings. The Bertz CT molecular complexity index is 900. The zero-order valence-corrected chi connectivity index (χ0v) is 17.8. The molecule has 2 heterocycles. The second kappa shape index (κ2) is 9.16. The summed E-state index contributed by atoms with van der Waals surface area (Å²) in [6.07, 6.45) is 2.97. The number of aryl methyl sites for hydroxylation is 1. The minimum absolute atomic E-state index is 0.0359. The van der Waals surface area contributed by atoms with Crippen molar-refractivity contribution >= 4 is 33.3 Å². The average Bonchev–Trinajstić information content (AvgIpc) is 2.74. The van der Waals surface area contributed by atoms with Gasteiger partial charge in [0.2, 0.25) is 5.91 Å². The number of carbonyl (C=O) groups excluding carboxylic acids is 1. The molecule has 0 saturated carbocycles. The van der Waals surface area contributed by atoms with Gasteiger partial charge in [0.1, 0.15) is 11.6 Å². The van der Waals surface area contributed by atoms with Gasteiger partial charge in [-0.05, 0) is 59.3 Å². The van der Waals surface area contributed by atoms with Crippen molar-refractivity contribution in [2.45, 2.75) is 39.5 Å². The molecule has 3 rings (SSSR count). The number of benzene rings is 1. The summed E-state index contributed by atoms with van der Waals surface area (Å²) in [7, 11) is 0. The highest BCUT2D eigenvalue weighted by Gasteiger charge is 2.28. The van der Waals surface area contributed by atoms with Gasteiger partial charge in [-0.2, -0.15) is 10.4 Å². The van der Waals surface area contributed by atoms with E-state index < -0.39 is 0 Å². The molecular formula is C21H24BrN5O. The van der Waals surface area contributed by atoms with E-state index in [9.17, 15) is 10.1 Å². The molecule has 146 valence electrons. The quantitative estimate of drug-likeness (QED) is 0.755. The zero-order valence-electron chi connectivity index (χ0n) is 16.2. The lowest BCUT2D eigenvalue weighted by Gasteiger charge is -2.32. The fourth-order valence-electron chi connectivity index (χ4n) is 3.65. The van der Waals surface area contributed by atoms with Gasteiger partial charge in [-0.25, -0.2) is 0 Å². The topological polar surface area (TPSA) is 81.9 Å². The molecule has 1 aromatic carbocycles. The Morgan fingerprint density at radius 2 is 1.96 bits per heavy atom. The maximum Gasteiger partial charge on any atom is 0.227 e. The predicted octanol–water partition coefficient (Wildman–Crippen LogP) is 4.09. The number of hydrogen-bond acceptors (Lipinski definition) is 5. The third kappa shape index (κ3) is 4.17. The predicted molar refractivity (Wildman–Crippen MR) is 113 cm³/mol. The first kappa shape index (κ1) is 20.3. The lowest BCUT2D eigenvalue weighted by Crippen LogP contribution is -2.39. The highest BCUT2D eigenvalue weighted by Crippen LogP contribution is 2.29. The average molecular weight is 442 g/mol. The number of rotatable bonds is 5. The van der Waals surface area contributed by atoms with Crippen LogP contribution in [-0.4, -0.2) is 29.2 Å². The van der Waals surface area contributed by atoms with Crippen molar-refractivity contribution in [2.75, 3.05) is 23.3 Å². The number of nitrogens with one attached hydrogen (secondary N) is 1. The molecular weight excluding hydrogens is 418 g/mol. The van der Waals surface area contributed by atoms with E-state index in [1.54, 1.807) is 0 Å². The minimum atomic E-state index is -0.0533. The second-order valence-corrected chi connectivity index (χ2v) is 7.73. The van der Waals surface area contributed by atoms with Crippen LogP contribution in [0.15, 0.2) is 28.7 Å². The molecule has 7 heteroatoms. The van der Waals surface area contributed by atoms with Crippen molar-refractivity contribution in [1.29, 1.82) is 5.26 Å². The van der Waals surface area contributed by atoms with Gasteiger partial charge in [0.25, 0.3) is 0 Å². The van der Waals surface area contributed by atoms with Crippen LogP contribution in [0.5, 0.6) is 0 Å². The summed E-state index contributed by atoms with van der Waals surface area (Å²) >= 11 is 3.46. The van der Waals surface area contributed by atoms with Crippen LogP contribution in [0.3, 0.4) is 0 Å². The zero-order chi connectivity index (χ0) is 20.1. The molecule has 0 bridgehead atoms. The number of aromatic nitrogens is 2. The largest absolute Gasteiger partial charge is 0.354 e. The van der Waals surface area contributed by atoms with Crippen LogP contribution < -0.4 is 10.2 Å². The van der Waals surface area contributed by atoms with E-state index in [4.69, 9.17) is 0 Å². The minimum Gasteiger partial charge on any atom is -0.354 e. The highest BCUT2D eigenvalue weighted by molar-refractivity contribution is 9.10. The van der Waals surface area contributed by atoms with Crippen LogP contribution in [0.4, 0.5) is 11.5 Å². The maximum atomic E-state index is 12.6. The fraction of sp³-hybridized carbons (Fsp3) is 0.429. The number of anilines is 2. The van der Waals surface area contributed by atoms with E-state index in [0.717, 1.165) is 47.1 Å². The molecule has 6 nitrogen and oxygen atoms in total. The van der Waals surface area contributed by atoms with Crippen LogP contribution in [-0.2, 0) is 17.6 Å². The van der Waals surface area contributed by atoms with Crippen molar-refractivity contribution in [2.24, 2.45) is 5.92 Å². The lowest BCUT2D eigenvalue weighted by atomic mass is 9.95. The van der Waals surface area contributed by atoms with E-state index in [2.05, 4.69) is 42.4 Å². The smallest absolute Gasteiger partial charge is 0.227 e. The van der Waals surface area contributed by atoms with E-state index >= 15 is 0 Å². The first-order valence-electron chi connectivity index (χ1n) is 9.67. The van der Waals surface area contributed by atoms with Gasteiger partial charge < -0.3 is 10.2 Å². The number of amides is 1. The van der Waals surface area contributed by atoms with Crippen LogP contribution in [0.1, 0.15) is 43.5 Å². The van der Waals surface area contributed by atoms with E-state index in [0.29, 0.717) is 24.5 Å². The van der Waals surface area contributed by atoms with Gasteiger partial charge in [-0.1, -0.05) is 26.0 Å². The summed E-state index contributed by atoms with van der Waals surface area (Å²) in [5, 5.41) is 21.4. The Balaban J connectivity index is 1.70. The first-order valence-corrected chi connectivity index (χ1v) is 10.5. The molecule has 28 heavy (non-hydrogen) atoms. The number of nitriles is 1. The Morgan fingerprint density at radius 3 is 2.57 bits per heavy atom. The van der Waals surface area contributed by atoms with Gasteiger partial charge in [-0.15, -0.1) is 5.10 Å². The highest BCUT2D eigenvalue weighted by atomic mass is 79.9. The molecule has 1 saturated heterocycles. The summed E-state index contributed by atoms with van der Waals surface area (Å²) < 4.78 is 0.873. The molecule has 0 spiro atoms. The molecule has 0 radical (unpaired) electrons. The number of nitrogens with zero attached hydrogens (tertiary/aromatic N) is 4. The molecule has 0 atom stereocenters. The van der Waals surface area contributed by atoms with Crippen molar-refractivity contribution in [3.63, 3.8) is 0 Å². The number of para-hydroxylation sites is 1. The molecule has 1 aliphatic heterocycles.